The highest BCUT2D eigenvalue weighted by Gasteiger charge is 2.26. The SMILES string of the molecule is COc1cccc(CNc2ccnc(C3CC3)n2)n1. The maximum absolute atomic E-state index is 5.10. The van der Waals surface area contributed by atoms with Gasteiger partial charge >= 0.3 is 0 Å². The van der Waals surface area contributed by atoms with Crippen LogP contribution in [0.25, 0.3) is 0 Å². The fourth-order valence-electron chi connectivity index (χ4n) is 1.86. The zero-order valence-electron chi connectivity index (χ0n) is 10.8. The van der Waals surface area contributed by atoms with Crippen LogP contribution in [0, 0.1) is 0 Å². The van der Waals surface area contributed by atoms with Gasteiger partial charge in [-0.25, -0.2) is 15.0 Å². The molecule has 0 amide bonds. The molecule has 0 atom stereocenters. The molecule has 1 N–H and O–H groups in total. The van der Waals surface area contributed by atoms with Gasteiger partial charge in [-0.1, -0.05) is 6.07 Å². The summed E-state index contributed by atoms with van der Waals surface area (Å²) in [6.45, 7) is 0.623. The molecule has 2 aromatic rings. The summed E-state index contributed by atoms with van der Waals surface area (Å²) in [7, 11) is 1.62. The normalized spacial score (nSPS) is 14.2. The van der Waals surface area contributed by atoms with Crippen LogP contribution < -0.4 is 10.1 Å². The quantitative estimate of drug-likeness (QED) is 0.890. The van der Waals surface area contributed by atoms with E-state index >= 15 is 0 Å². The van der Waals surface area contributed by atoms with E-state index in [4.69, 9.17) is 4.74 Å². The second-order valence-electron chi connectivity index (χ2n) is 4.60. The number of anilines is 1. The van der Waals surface area contributed by atoms with Crippen LogP contribution >= 0.6 is 0 Å². The Bertz CT molecular complexity index is 569. The molecule has 0 radical (unpaired) electrons. The summed E-state index contributed by atoms with van der Waals surface area (Å²) < 4.78 is 5.10. The summed E-state index contributed by atoms with van der Waals surface area (Å²) in [5.41, 5.74) is 0.922. The third kappa shape index (κ3) is 2.99. The Hall–Kier alpha value is -2.17. The molecule has 5 heteroatoms. The maximum atomic E-state index is 5.10. The number of aromatic nitrogens is 3. The lowest BCUT2D eigenvalue weighted by atomic mass is 10.3. The van der Waals surface area contributed by atoms with Crippen molar-refractivity contribution >= 4 is 5.82 Å². The van der Waals surface area contributed by atoms with Crippen molar-refractivity contribution in [1.29, 1.82) is 0 Å². The molecular weight excluding hydrogens is 240 g/mol. The second kappa shape index (κ2) is 5.22. The predicted octanol–water partition coefficient (Wildman–Crippen LogP) is 2.37. The smallest absolute Gasteiger partial charge is 0.213 e. The number of hydrogen-bond acceptors (Lipinski definition) is 5. The Morgan fingerprint density at radius 1 is 1.26 bits per heavy atom. The van der Waals surface area contributed by atoms with E-state index in [0.29, 0.717) is 18.3 Å². The van der Waals surface area contributed by atoms with Crippen LogP contribution in [-0.4, -0.2) is 22.1 Å². The average molecular weight is 256 g/mol. The largest absolute Gasteiger partial charge is 0.481 e. The predicted molar refractivity (Wildman–Crippen MR) is 72.1 cm³/mol. The summed E-state index contributed by atoms with van der Waals surface area (Å²) in [5, 5.41) is 3.27. The van der Waals surface area contributed by atoms with Gasteiger partial charge in [0.25, 0.3) is 0 Å². The van der Waals surface area contributed by atoms with E-state index in [1.807, 2.05) is 30.5 Å². The van der Waals surface area contributed by atoms with Crippen LogP contribution in [0.4, 0.5) is 5.82 Å². The molecule has 1 aliphatic rings. The molecule has 1 aliphatic carbocycles. The van der Waals surface area contributed by atoms with Gasteiger partial charge in [0.1, 0.15) is 11.6 Å². The van der Waals surface area contributed by atoms with Crippen molar-refractivity contribution in [2.45, 2.75) is 25.3 Å². The van der Waals surface area contributed by atoms with Gasteiger partial charge in [-0.05, 0) is 25.0 Å². The van der Waals surface area contributed by atoms with Crippen molar-refractivity contribution in [2.75, 3.05) is 12.4 Å². The minimum absolute atomic E-state index is 0.566. The number of nitrogens with zero attached hydrogens (tertiary/aromatic N) is 3. The van der Waals surface area contributed by atoms with E-state index in [2.05, 4.69) is 20.3 Å². The standard InChI is InChI=1S/C14H16N4O/c1-19-13-4-2-3-11(17-13)9-16-12-7-8-15-14(18-12)10-5-6-10/h2-4,7-8,10H,5-6,9H2,1H3,(H,15,16,18). The molecule has 98 valence electrons. The number of nitrogens with one attached hydrogen (secondary N) is 1. The molecule has 3 rings (SSSR count). The molecule has 0 bridgehead atoms. The highest BCUT2D eigenvalue weighted by Crippen LogP contribution is 2.38. The zero-order valence-corrected chi connectivity index (χ0v) is 10.8. The molecule has 2 aromatic heterocycles. The molecule has 0 spiro atoms. The number of methoxy groups -OCH3 is 1. The molecule has 1 fully saturated rings. The van der Waals surface area contributed by atoms with Crippen LogP contribution in [0.2, 0.25) is 0 Å². The highest BCUT2D eigenvalue weighted by atomic mass is 16.5. The number of ether oxygens (including phenoxy) is 1. The zero-order chi connectivity index (χ0) is 13.1. The van der Waals surface area contributed by atoms with Gasteiger partial charge in [0.05, 0.1) is 19.3 Å². The molecule has 0 aliphatic heterocycles. The third-order valence-electron chi connectivity index (χ3n) is 3.06. The van der Waals surface area contributed by atoms with Crippen LogP contribution in [0.5, 0.6) is 5.88 Å². The number of hydrogen-bond donors (Lipinski definition) is 1. The van der Waals surface area contributed by atoms with E-state index < -0.39 is 0 Å². The lowest BCUT2D eigenvalue weighted by molar-refractivity contribution is 0.396. The first-order valence-electron chi connectivity index (χ1n) is 6.42. The summed E-state index contributed by atoms with van der Waals surface area (Å²) in [6, 6.07) is 7.60. The van der Waals surface area contributed by atoms with E-state index in [0.717, 1.165) is 17.3 Å². The van der Waals surface area contributed by atoms with E-state index in [1.54, 1.807) is 7.11 Å². The first-order valence-corrected chi connectivity index (χ1v) is 6.42. The minimum atomic E-state index is 0.566. The van der Waals surface area contributed by atoms with Crippen molar-refractivity contribution in [2.24, 2.45) is 0 Å². The minimum Gasteiger partial charge on any atom is -0.481 e. The molecule has 2 heterocycles. The molecule has 5 nitrogen and oxygen atoms in total. The number of pyridine rings is 1. The van der Waals surface area contributed by atoms with E-state index in [-0.39, 0.29) is 0 Å². The van der Waals surface area contributed by atoms with Crippen molar-refractivity contribution in [3.63, 3.8) is 0 Å². The third-order valence-corrected chi connectivity index (χ3v) is 3.06. The number of rotatable bonds is 5. The van der Waals surface area contributed by atoms with Crippen LogP contribution in [0.3, 0.4) is 0 Å². The van der Waals surface area contributed by atoms with Crippen molar-refractivity contribution in [1.82, 2.24) is 15.0 Å². The van der Waals surface area contributed by atoms with E-state index in [9.17, 15) is 0 Å². The highest BCUT2D eigenvalue weighted by molar-refractivity contribution is 5.34. The molecule has 0 aromatic carbocycles. The van der Waals surface area contributed by atoms with Gasteiger partial charge in [-0.3, -0.25) is 0 Å². The maximum Gasteiger partial charge on any atom is 0.213 e. The Kier molecular flexibility index (Phi) is 3.27. The van der Waals surface area contributed by atoms with Crippen molar-refractivity contribution < 1.29 is 4.74 Å². The second-order valence-corrected chi connectivity index (χ2v) is 4.60. The summed E-state index contributed by atoms with van der Waals surface area (Å²) in [4.78, 5) is 13.2. The molecular formula is C14H16N4O. The van der Waals surface area contributed by atoms with E-state index in [1.165, 1.54) is 12.8 Å². The lowest BCUT2D eigenvalue weighted by Gasteiger charge is -2.07. The Balaban J connectivity index is 1.66. The Morgan fingerprint density at radius 2 is 2.16 bits per heavy atom. The van der Waals surface area contributed by atoms with Crippen molar-refractivity contribution in [3.8, 4) is 5.88 Å². The lowest BCUT2D eigenvalue weighted by Crippen LogP contribution is -2.05. The molecule has 1 saturated carbocycles. The first-order chi connectivity index (χ1) is 9.35. The van der Waals surface area contributed by atoms with Crippen LogP contribution in [0.15, 0.2) is 30.5 Å². The van der Waals surface area contributed by atoms with Gasteiger partial charge < -0.3 is 10.1 Å². The summed E-state index contributed by atoms with van der Waals surface area (Å²) >= 11 is 0. The Labute approximate surface area is 112 Å². The van der Waals surface area contributed by atoms with Gasteiger partial charge in [-0.15, -0.1) is 0 Å². The van der Waals surface area contributed by atoms with Gasteiger partial charge in [0.15, 0.2) is 0 Å². The van der Waals surface area contributed by atoms with Gasteiger partial charge in [-0.2, -0.15) is 0 Å². The van der Waals surface area contributed by atoms with Gasteiger partial charge in [0, 0.05) is 18.2 Å². The summed E-state index contributed by atoms with van der Waals surface area (Å²) in [5.74, 6) is 2.99. The fraction of sp³-hybridized carbons (Fsp3) is 0.357. The van der Waals surface area contributed by atoms with Gasteiger partial charge in [0.2, 0.25) is 5.88 Å². The average Bonchev–Trinajstić information content (AvgIpc) is 3.30. The van der Waals surface area contributed by atoms with Crippen molar-refractivity contribution in [3.05, 3.63) is 42.0 Å². The fourth-order valence-corrected chi connectivity index (χ4v) is 1.86. The van der Waals surface area contributed by atoms with Crippen LogP contribution in [-0.2, 0) is 6.54 Å². The van der Waals surface area contributed by atoms with Crippen LogP contribution in [0.1, 0.15) is 30.3 Å². The topological polar surface area (TPSA) is 59.9 Å². The Morgan fingerprint density at radius 3 is 2.95 bits per heavy atom. The first kappa shape index (κ1) is 11.9. The monoisotopic (exact) mass is 256 g/mol. The summed E-state index contributed by atoms with van der Waals surface area (Å²) in [6.07, 6.45) is 4.23. The molecule has 19 heavy (non-hydrogen) atoms. The molecule has 0 unspecified atom stereocenters. The molecule has 0 saturated heterocycles.